The number of rotatable bonds is 25. The normalized spacial score (nSPS) is 19.5. The number of carbonyl (C=O) groups excluding carboxylic acids is 2. The molecule has 1 rings (SSSR count). The van der Waals surface area contributed by atoms with E-state index in [1.807, 2.05) is 0 Å². The highest BCUT2D eigenvalue weighted by Crippen LogP contribution is 2.30. The molecule has 1 unspecified atom stereocenters. The van der Waals surface area contributed by atoms with Gasteiger partial charge in [0, 0.05) is 6.42 Å². The van der Waals surface area contributed by atoms with E-state index in [1.54, 1.807) is 0 Å². The lowest BCUT2D eigenvalue weighted by Crippen LogP contribution is -2.34. The molecule has 1 aliphatic heterocycles. The summed E-state index contributed by atoms with van der Waals surface area (Å²) < 4.78 is 11.0. The van der Waals surface area contributed by atoms with Crippen LogP contribution >= 0.6 is 0 Å². The van der Waals surface area contributed by atoms with Crippen LogP contribution in [0.25, 0.3) is 0 Å². The number of unbranched alkanes of at least 4 members (excludes halogenated alkanes) is 19. The number of aliphatic hydroxyl groups is 1. The first-order valence-corrected chi connectivity index (χ1v) is 15.6. The van der Waals surface area contributed by atoms with Gasteiger partial charge in [-0.25, -0.2) is 0 Å². The van der Waals surface area contributed by atoms with Crippen LogP contribution in [0.4, 0.5) is 0 Å². The highest BCUT2D eigenvalue weighted by atomic mass is 16.6. The van der Waals surface area contributed by atoms with Gasteiger partial charge in [-0.05, 0) is 12.8 Å². The van der Waals surface area contributed by atoms with Gasteiger partial charge < -0.3 is 14.6 Å². The quantitative estimate of drug-likeness (QED) is 0.0985. The fraction of sp³-hybridized carbons (Fsp3) is 0.935. The van der Waals surface area contributed by atoms with Crippen LogP contribution < -0.4 is 0 Å². The Kier molecular flexibility index (Phi) is 21.1. The first-order valence-electron chi connectivity index (χ1n) is 15.6. The fourth-order valence-corrected chi connectivity index (χ4v) is 5.27. The molecule has 5 nitrogen and oxygen atoms in total. The molecule has 0 aromatic carbocycles. The Morgan fingerprint density at radius 2 is 1.11 bits per heavy atom. The maximum Gasteiger partial charge on any atom is 0.313 e. The molecule has 0 saturated carbocycles. The Bertz CT molecular complexity index is 535. The maximum atomic E-state index is 12.4. The van der Waals surface area contributed by atoms with E-state index in [1.165, 1.54) is 103 Å². The summed E-state index contributed by atoms with van der Waals surface area (Å²) in [5.74, 6) is -1.02. The lowest BCUT2D eigenvalue weighted by molar-refractivity contribution is -0.155. The van der Waals surface area contributed by atoms with E-state index < -0.39 is 18.1 Å². The van der Waals surface area contributed by atoms with Crippen LogP contribution in [-0.2, 0) is 19.1 Å². The summed E-state index contributed by atoms with van der Waals surface area (Å²) in [7, 11) is 0. The second-order valence-electron chi connectivity index (χ2n) is 11.0. The van der Waals surface area contributed by atoms with E-state index in [4.69, 9.17) is 9.47 Å². The van der Waals surface area contributed by atoms with Crippen molar-refractivity contribution >= 4 is 11.9 Å². The van der Waals surface area contributed by atoms with E-state index in [0.29, 0.717) is 12.8 Å². The van der Waals surface area contributed by atoms with Crippen molar-refractivity contribution in [3.05, 3.63) is 0 Å². The Hall–Kier alpha value is -1.10. The zero-order valence-electron chi connectivity index (χ0n) is 23.8. The van der Waals surface area contributed by atoms with Gasteiger partial charge in [-0.2, -0.15) is 0 Å². The third-order valence-corrected chi connectivity index (χ3v) is 7.63. The number of hydrogen-bond donors (Lipinski definition) is 1. The van der Waals surface area contributed by atoms with Gasteiger partial charge in [0.15, 0.2) is 12.2 Å². The van der Waals surface area contributed by atoms with Crippen molar-refractivity contribution in [2.75, 3.05) is 6.61 Å². The monoisotopic (exact) mass is 510 g/mol. The van der Waals surface area contributed by atoms with E-state index >= 15 is 0 Å². The van der Waals surface area contributed by atoms with Crippen molar-refractivity contribution in [3.8, 4) is 0 Å². The summed E-state index contributed by atoms with van der Waals surface area (Å²) in [5, 5.41) is 9.64. The molecule has 1 N–H and O–H groups in total. The van der Waals surface area contributed by atoms with Gasteiger partial charge in [-0.15, -0.1) is 0 Å². The first-order chi connectivity index (χ1) is 17.6. The topological polar surface area (TPSA) is 72.8 Å². The van der Waals surface area contributed by atoms with E-state index in [-0.39, 0.29) is 18.5 Å². The van der Waals surface area contributed by atoms with Crippen LogP contribution in [0.2, 0.25) is 0 Å². The molecule has 0 aliphatic carbocycles. The van der Waals surface area contributed by atoms with Crippen molar-refractivity contribution in [2.45, 2.75) is 174 Å². The number of aliphatic hydroxyl groups excluding tert-OH is 1. The van der Waals surface area contributed by atoms with Crippen molar-refractivity contribution in [1.82, 2.24) is 0 Å². The average Bonchev–Trinajstić information content (AvgIpc) is 3.17. The molecular formula is C31H58O5. The number of cyclic esters (lactones) is 1. The number of ether oxygens (including phenoxy) is 2. The highest BCUT2D eigenvalue weighted by Gasteiger charge is 2.46. The molecule has 3 atom stereocenters. The van der Waals surface area contributed by atoms with Crippen LogP contribution in [-0.4, -0.2) is 35.9 Å². The predicted octanol–water partition coefficient (Wildman–Crippen LogP) is 8.44. The van der Waals surface area contributed by atoms with E-state index in [0.717, 1.165) is 32.1 Å². The Morgan fingerprint density at radius 3 is 1.56 bits per heavy atom. The molecule has 0 spiro atoms. The molecular weight excluding hydrogens is 452 g/mol. The molecule has 1 saturated heterocycles. The zero-order valence-corrected chi connectivity index (χ0v) is 23.8. The molecule has 0 aromatic heterocycles. The van der Waals surface area contributed by atoms with Gasteiger partial charge in [-0.3, -0.25) is 9.59 Å². The third kappa shape index (κ3) is 15.9. The van der Waals surface area contributed by atoms with Crippen molar-refractivity contribution in [3.63, 3.8) is 0 Å². The standard InChI is InChI=1S/C31H58O5/c1-3-5-7-9-11-13-15-17-19-21-23-25-29(33)36-30-27(31(34)35-28(30)26-32)24-22-20-18-16-14-12-10-8-6-4-2/h27-28,30,32H,3-26H2,1-2H3/t27?,28-,30+/m1/s1. The van der Waals surface area contributed by atoms with Gasteiger partial charge in [0.05, 0.1) is 12.5 Å². The molecule has 0 bridgehead atoms. The van der Waals surface area contributed by atoms with Gasteiger partial charge >= 0.3 is 11.9 Å². The Balaban J connectivity index is 2.15. The summed E-state index contributed by atoms with van der Waals surface area (Å²) in [6, 6.07) is 0. The van der Waals surface area contributed by atoms with E-state index in [9.17, 15) is 14.7 Å². The first kappa shape index (κ1) is 32.9. The molecule has 1 aliphatic rings. The van der Waals surface area contributed by atoms with Crippen molar-refractivity contribution < 1.29 is 24.2 Å². The minimum absolute atomic E-state index is 0.263. The molecule has 0 amide bonds. The van der Waals surface area contributed by atoms with E-state index in [2.05, 4.69) is 13.8 Å². The minimum Gasteiger partial charge on any atom is -0.457 e. The maximum absolute atomic E-state index is 12.4. The number of esters is 2. The number of carbonyl (C=O) groups is 2. The van der Waals surface area contributed by atoms with Crippen LogP contribution in [0.15, 0.2) is 0 Å². The largest absolute Gasteiger partial charge is 0.457 e. The lowest BCUT2D eigenvalue weighted by Gasteiger charge is -2.20. The summed E-state index contributed by atoms with van der Waals surface area (Å²) in [6.45, 7) is 4.20. The second-order valence-corrected chi connectivity index (χ2v) is 11.0. The Labute approximate surface area is 222 Å². The molecule has 1 heterocycles. The second kappa shape index (κ2) is 23.0. The summed E-state index contributed by atoms with van der Waals surface area (Å²) in [4.78, 5) is 24.8. The van der Waals surface area contributed by atoms with Crippen LogP contribution in [0.1, 0.15) is 162 Å². The zero-order chi connectivity index (χ0) is 26.3. The van der Waals surface area contributed by atoms with Gasteiger partial charge in [0.2, 0.25) is 0 Å². The molecule has 1 fully saturated rings. The third-order valence-electron chi connectivity index (χ3n) is 7.63. The molecule has 5 heteroatoms. The predicted molar refractivity (Wildman–Crippen MR) is 148 cm³/mol. The highest BCUT2D eigenvalue weighted by molar-refractivity contribution is 5.77. The average molecular weight is 511 g/mol. The summed E-state index contributed by atoms with van der Waals surface area (Å²) >= 11 is 0. The Morgan fingerprint density at radius 1 is 0.694 bits per heavy atom. The molecule has 0 radical (unpaired) electrons. The van der Waals surface area contributed by atoms with Crippen molar-refractivity contribution in [2.24, 2.45) is 5.92 Å². The smallest absolute Gasteiger partial charge is 0.313 e. The van der Waals surface area contributed by atoms with Gasteiger partial charge in [0.25, 0.3) is 0 Å². The van der Waals surface area contributed by atoms with Crippen LogP contribution in [0.3, 0.4) is 0 Å². The molecule has 0 aromatic rings. The number of hydrogen-bond acceptors (Lipinski definition) is 5. The fourth-order valence-electron chi connectivity index (χ4n) is 5.27. The van der Waals surface area contributed by atoms with Crippen LogP contribution in [0.5, 0.6) is 0 Å². The molecule has 36 heavy (non-hydrogen) atoms. The van der Waals surface area contributed by atoms with Crippen molar-refractivity contribution in [1.29, 1.82) is 0 Å². The van der Waals surface area contributed by atoms with Crippen LogP contribution in [0, 0.1) is 5.92 Å². The lowest BCUT2D eigenvalue weighted by atomic mass is 9.94. The SMILES string of the molecule is CCCCCCCCCCCCCC(=O)O[C@H]1C(CCCCCCCCCCCC)C(=O)O[C@@H]1CO. The van der Waals surface area contributed by atoms with Gasteiger partial charge in [0.1, 0.15) is 0 Å². The summed E-state index contributed by atoms with van der Waals surface area (Å²) in [6.07, 6.45) is 25.7. The molecule has 212 valence electrons. The van der Waals surface area contributed by atoms with Gasteiger partial charge in [-0.1, -0.05) is 142 Å². The minimum atomic E-state index is -0.716. The summed E-state index contributed by atoms with van der Waals surface area (Å²) in [5.41, 5.74) is 0.